The van der Waals surface area contributed by atoms with Gasteiger partial charge < -0.3 is 5.32 Å². The first-order valence-corrected chi connectivity index (χ1v) is 7.69. The molecule has 1 heteroatoms. The van der Waals surface area contributed by atoms with Crippen LogP contribution in [-0.2, 0) is 0 Å². The van der Waals surface area contributed by atoms with Crippen LogP contribution in [0.1, 0.15) is 57.1 Å². The van der Waals surface area contributed by atoms with Crippen LogP contribution in [0, 0.1) is 5.92 Å². The highest BCUT2D eigenvalue weighted by Gasteiger charge is 2.24. The van der Waals surface area contributed by atoms with E-state index >= 15 is 0 Å². The first-order valence-electron chi connectivity index (χ1n) is 7.69. The SMILES string of the molecule is CCC(=Cc1ccccc1C1CC1)CNCC(C)C. The maximum Gasteiger partial charge on any atom is 0.0167 e. The third kappa shape index (κ3) is 4.50. The first kappa shape index (κ1) is 14.3. The molecule has 0 unspecified atom stereocenters. The summed E-state index contributed by atoms with van der Waals surface area (Å²) in [6.07, 6.45) is 6.28. The van der Waals surface area contributed by atoms with Gasteiger partial charge in [-0.15, -0.1) is 0 Å². The molecule has 0 amide bonds. The van der Waals surface area contributed by atoms with E-state index in [9.17, 15) is 0 Å². The lowest BCUT2D eigenvalue weighted by Gasteiger charge is -2.11. The van der Waals surface area contributed by atoms with Gasteiger partial charge in [0.05, 0.1) is 0 Å². The average Bonchev–Trinajstić information content (AvgIpc) is 3.22. The largest absolute Gasteiger partial charge is 0.313 e. The minimum absolute atomic E-state index is 0.719. The highest BCUT2D eigenvalue weighted by molar-refractivity contribution is 5.58. The van der Waals surface area contributed by atoms with E-state index in [1.54, 1.807) is 5.56 Å². The van der Waals surface area contributed by atoms with Crippen molar-refractivity contribution in [3.63, 3.8) is 0 Å². The second-order valence-corrected chi connectivity index (χ2v) is 6.08. The molecule has 1 fully saturated rings. The third-order valence-corrected chi connectivity index (χ3v) is 3.73. The van der Waals surface area contributed by atoms with E-state index in [0.29, 0.717) is 0 Å². The van der Waals surface area contributed by atoms with Crippen LogP contribution in [0.3, 0.4) is 0 Å². The summed E-state index contributed by atoms with van der Waals surface area (Å²) >= 11 is 0. The molecule has 1 saturated carbocycles. The lowest BCUT2D eigenvalue weighted by atomic mass is 10.00. The zero-order valence-corrected chi connectivity index (χ0v) is 12.6. The van der Waals surface area contributed by atoms with E-state index in [-0.39, 0.29) is 0 Å². The molecular formula is C18H27N. The number of hydrogen-bond acceptors (Lipinski definition) is 1. The van der Waals surface area contributed by atoms with Crippen molar-refractivity contribution in [1.29, 1.82) is 0 Å². The molecule has 0 heterocycles. The highest BCUT2D eigenvalue weighted by Crippen LogP contribution is 2.42. The third-order valence-electron chi connectivity index (χ3n) is 3.73. The molecule has 1 aromatic rings. The second-order valence-electron chi connectivity index (χ2n) is 6.08. The summed E-state index contributed by atoms with van der Waals surface area (Å²) < 4.78 is 0. The summed E-state index contributed by atoms with van der Waals surface area (Å²) in [6, 6.07) is 8.91. The van der Waals surface area contributed by atoms with Crippen LogP contribution in [-0.4, -0.2) is 13.1 Å². The van der Waals surface area contributed by atoms with E-state index < -0.39 is 0 Å². The maximum absolute atomic E-state index is 3.55. The average molecular weight is 257 g/mol. The molecule has 0 aromatic heterocycles. The van der Waals surface area contributed by atoms with E-state index in [2.05, 4.69) is 56.4 Å². The Balaban J connectivity index is 2.04. The molecule has 2 rings (SSSR count). The number of hydrogen-bond donors (Lipinski definition) is 1. The maximum atomic E-state index is 3.55. The highest BCUT2D eigenvalue weighted by atomic mass is 14.9. The van der Waals surface area contributed by atoms with E-state index in [1.165, 1.54) is 24.0 Å². The molecule has 19 heavy (non-hydrogen) atoms. The van der Waals surface area contributed by atoms with Crippen LogP contribution in [0.5, 0.6) is 0 Å². The van der Waals surface area contributed by atoms with Crippen LogP contribution < -0.4 is 5.32 Å². The molecule has 0 atom stereocenters. The van der Waals surface area contributed by atoms with Gasteiger partial charge in [-0.25, -0.2) is 0 Å². The Morgan fingerprint density at radius 1 is 1.32 bits per heavy atom. The standard InChI is InChI=1S/C18H27N/c1-4-15(13-19-12-14(2)3)11-17-7-5-6-8-18(17)16-9-10-16/h5-8,11,14,16,19H,4,9-10,12-13H2,1-3H3. The topological polar surface area (TPSA) is 12.0 Å². The Kier molecular flexibility index (Phi) is 5.21. The van der Waals surface area contributed by atoms with Gasteiger partial charge in [0.15, 0.2) is 0 Å². The van der Waals surface area contributed by atoms with Gasteiger partial charge in [-0.05, 0) is 48.8 Å². The molecule has 0 bridgehead atoms. The van der Waals surface area contributed by atoms with Gasteiger partial charge in [-0.1, -0.05) is 56.7 Å². The molecule has 104 valence electrons. The second kappa shape index (κ2) is 6.91. The quantitative estimate of drug-likeness (QED) is 0.752. The summed E-state index contributed by atoms with van der Waals surface area (Å²) in [4.78, 5) is 0. The van der Waals surface area contributed by atoms with Gasteiger partial charge in [0, 0.05) is 6.54 Å². The van der Waals surface area contributed by atoms with E-state index in [1.807, 2.05) is 0 Å². The molecule has 1 nitrogen and oxygen atoms in total. The smallest absolute Gasteiger partial charge is 0.0167 e. The molecule has 1 aromatic carbocycles. The first-order chi connectivity index (χ1) is 9.20. The molecule has 0 saturated heterocycles. The summed E-state index contributed by atoms with van der Waals surface area (Å²) in [7, 11) is 0. The monoisotopic (exact) mass is 257 g/mol. The van der Waals surface area contributed by atoms with Crippen LogP contribution in [0.4, 0.5) is 0 Å². The summed E-state index contributed by atoms with van der Waals surface area (Å²) in [5, 5.41) is 3.55. The Bertz CT molecular complexity index is 427. The molecule has 0 radical (unpaired) electrons. The molecule has 0 aliphatic heterocycles. The van der Waals surface area contributed by atoms with Crippen molar-refractivity contribution in [2.45, 2.75) is 46.0 Å². The number of rotatable bonds is 7. The van der Waals surface area contributed by atoms with Gasteiger partial charge in [-0.3, -0.25) is 0 Å². The van der Waals surface area contributed by atoms with Gasteiger partial charge >= 0.3 is 0 Å². The summed E-state index contributed by atoms with van der Waals surface area (Å²) in [6.45, 7) is 8.88. The minimum Gasteiger partial charge on any atom is -0.313 e. The zero-order valence-electron chi connectivity index (χ0n) is 12.6. The number of benzene rings is 1. The van der Waals surface area contributed by atoms with Gasteiger partial charge in [0.1, 0.15) is 0 Å². The van der Waals surface area contributed by atoms with Crippen molar-refractivity contribution in [2.75, 3.05) is 13.1 Å². The molecule has 1 aliphatic rings. The Labute approximate surface area is 118 Å². The van der Waals surface area contributed by atoms with E-state index in [4.69, 9.17) is 0 Å². The minimum atomic E-state index is 0.719. The normalized spacial score (nSPS) is 16.1. The van der Waals surface area contributed by atoms with Crippen molar-refractivity contribution < 1.29 is 0 Å². The van der Waals surface area contributed by atoms with Crippen molar-refractivity contribution in [2.24, 2.45) is 5.92 Å². The van der Waals surface area contributed by atoms with Crippen LogP contribution in [0.15, 0.2) is 29.8 Å². The van der Waals surface area contributed by atoms with Gasteiger partial charge in [0.25, 0.3) is 0 Å². The van der Waals surface area contributed by atoms with Crippen molar-refractivity contribution in [3.05, 3.63) is 41.0 Å². The van der Waals surface area contributed by atoms with E-state index in [0.717, 1.165) is 31.3 Å². The lowest BCUT2D eigenvalue weighted by molar-refractivity contribution is 0.569. The fourth-order valence-corrected chi connectivity index (χ4v) is 2.43. The zero-order chi connectivity index (χ0) is 13.7. The van der Waals surface area contributed by atoms with Crippen molar-refractivity contribution >= 4 is 6.08 Å². The van der Waals surface area contributed by atoms with Gasteiger partial charge in [0.2, 0.25) is 0 Å². The summed E-state index contributed by atoms with van der Waals surface area (Å²) in [5.41, 5.74) is 4.50. The number of nitrogens with one attached hydrogen (secondary N) is 1. The van der Waals surface area contributed by atoms with Gasteiger partial charge in [-0.2, -0.15) is 0 Å². The van der Waals surface area contributed by atoms with Crippen LogP contribution >= 0.6 is 0 Å². The van der Waals surface area contributed by atoms with Crippen molar-refractivity contribution in [3.8, 4) is 0 Å². The Morgan fingerprint density at radius 2 is 2.05 bits per heavy atom. The van der Waals surface area contributed by atoms with Crippen LogP contribution in [0.2, 0.25) is 0 Å². The lowest BCUT2D eigenvalue weighted by Crippen LogP contribution is -2.21. The predicted octanol–water partition coefficient (Wildman–Crippen LogP) is 4.60. The predicted molar refractivity (Wildman–Crippen MR) is 84.4 cm³/mol. The van der Waals surface area contributed by atoms with Crippen molar-refractivity contribution in [1.82, 2.24) is 5.32 Å². The molecule has 0 spiro atoms. The Morgan fingerprint density at radius 3 is 2.68 bits per heavy atom. The molecular weight excluding hydrogens is 230 g/mol. The fraction of sp³-hybridized carbons (Fsp3) is 0.556. The Hall–Kier alpha value is -1.08. The fourth-order valence-electron chi connectivity index (χ4n) is 2.43. The van der Waals surface area contributed by atoms with Crippen LogP contribution in [0.25, 0.3) is 6.08 Å². The summed E-state index contributed by atoms with van der Waals surface area (Å²) in [5.74, 6) is 1.55. The molecule has 1 N–H and O–H groups in total. The molecule has 1 aliphatic carbocycles.